The van der Waals surface area contributed by atoms with Gasteiger partial charge in [0.25, 0.3) is 0 Å². The highest BCUT2D eigenvalue weighted by Gasteiger charge is 2.18. The van der Waals surface area contributed by atoms with Crippen molar-refractivity contribution >= 4 is 49.3 Å². The van der Waals surface area contributed by atoms with Gasteiger partial charge >= 0.3 is 0 Å². The molecule has 0 saturated heterocycles. The molecule has 0 radical (unpaired) electrons. The van der Waals surface area contributed by atoms with Crippen LogP contribution in [-0.2, 0) is 0 Å². The van der Waals surface area contributed by atoms with Crippen molar-refractivity contribution in [3.63, 3.8) is 0 Å². The van der Waals surface area contributed by atoms with E-state index in [2.05, 4.69) is 155 Å². The van der Waals surface area contributed by atoms with Gasteiger partial charge < -0.3 is 9.13 Å². The molecular formula is C56H39N5. The van der Waals surface area contributed by atoms with E-state index in [-0.39, 0.29) is 0 Å². The molecule has 5 heteroatoms. The van der Waals surface area contributed by atoms with Gasteiger partial charge in [0.05, 0.1) is 22.1 Å². The Kier molecular flexibility index (Phi) is 8.98. The molecule has 11 rings (SSSR count). The standard InChI is InChI=1S/C56H39N5/c1-38-17-6-2-3-11-23-44(32-29-38)60-51-28-15-13-26-47(51)49-36-41(31-34-52(49)60)42-30-33-48-46-25-12-14-27-50(46)61(53(48)37-42)45-24-16-22-43(35-45)56-58-54(39-18-7-4-8-19-39)57-55(59-56)40-20-9-5-10-21-40/h2-10,12-37H,1,11H2/b3-2-,17-6-,32-29-,44-23+. The third-order valence-corrected chi connectivity index (χ3v) is 11.5. The van der Waals surface area contributed by atoms with E-state index in [1.54, 1.807) is 0 Å². The average molecular weight is 782 g/mol. The fraction of sp³-hybridized carbons (Fsp3) is 0.0179. The van der Waals surface area contributed by atoms with E-state index in [1.807, 2.05) is 72.8 Å². The van der Waals surface area contributed by atoms with Crippen LogP contribution >= 0.6 is 0 Å². The molecule has 5 nitrogen and oxygen atoms in total. The van der Waals surface area contributed by atoms with Crippen LogP contribution in [-0.4, -0.2) is 24.1 Å². The number of para-hydroxylation sites is 2. The van der Waals surface area contributed by atoms with Crippen LogP contribution in [0.3, 0.4) is 0 Å². The molecule has 0 N–H and O–H groups in total. The van der Waals surface area contributed by atoms with Gasteiger partial charge in [-0.25, -0.2) is 15.0 Å². The second kappa shape index (κ2) is 15.2. The van der Waals surface area contributed by atoms with Crippen molar-refractivity contribution < 1.29 is 0 Å². The molecule has 61 heavy (non-hydrogen) atoms. The van der Waals surface area contributed by atoms with Gasteiger partial charge in [0.1, 0.15) is 0 Å². The van der Waals surface area contributed by atoms with E-state index in [1.165, 1.54) is 32.6 Å². The predicted octanol–water partition coefficient (Wildman–Crippen LogP) is 14.2. The van der Waals surface area contributed by atoms with Gasteiger partial charge in [0.2, 0.25) is 0 Å². The minimum absolute atomic E-state index is 0.624. The lowest BCUT2D eigenvalue weighted by atomic mass is 10.0. The molecule has 1 aliphatic carbocycles. The maximum Gasteiger partial charge on any atom is 0.164 e. The number of benzene rings is 7. The Hall–Kier alpha value is -8.15. The van der Waals surface area contributed by atoms with E-state index in [0.717, 1.165) is 62.2 Å². The van der Waals surface area contributed by atoms with E-state index < -0.39 is 0 Å². The number of rotatable bonds is 6. The lowest BCUT2D eigenvalue weighted by Crippen LogP contribution is -2.01. The number of hydrogen-bond donors (Lipinski definition) is 0. The van der Waals surface area contributed by atoms with Crippen LogP contribution in [0.15, 0.2) is 225 Å². The zero-order valence-corrected chi connectivity index (χ0v) is 33.4. The largest absolute Gasteiger partial charge is 0.310 e. The van der Waals surface area contributed by atoms with Crippen molar-refractivity contribution in [3.8, 4) is 51.0 Å². The molecule has 10 aromatic rings. The van der Waals surface area contributed by atoms with Gasteiger partial charge in [0, 0.05) is 49.6 Å². The first-order valence-corrected chi connectivity index (χ1v) is 20.6. The van der Waals surface area contributed by atoms with Gasteiger partial charge in [0.15, 0.2) is 17.5 Å². The van der Waals surface area contributed by atoms with Crippen molar-refractivity contribution in [2.75, 3.05) is 0 Å². The Bertz CT molecular complexity index is 3390. The van der Waals surface area contributed by atoms with Crippen molar-refractivity contribution in [2.45, 2.75) is 6.42 Å². The molecule has 3 aromatic heterocycles. The lowest BCUT2D eigenvalue weighted by molar-refractivity contribution is 1.07. The van der Waals surface area contributed by atoms with Crippen molar-refractivity contribution in [3.05, 3.63) is 225 Å². The van der Waals surface area contributed by atoms with Gasteiger partial charge in [-0.1, -0.05) is 170 Å². The Morgan fingerprint density at radius 2 is 0.967 bits per heavy atom. The molecule has 3 heterocycles. The third kappa shape index (κ3) is 6.59. The molecule has 0 saturated carbocycles. The summed E-state index contributed by atoms with van der Waals surface area (Å²) < 4.78 is 4.75. The van der Waals surface area contributed by atoms with Crippen molar-refractivity contribution in [1.82, 2.24) is 24.1 Å². The average Bonchev–Trinajstić information content (AvgIpc) is 3.84. The van der Waals surface area contributed by atoms with Crippen molar-refractivity contribution in [1.29, 1.82) is 0 Å². The summed E-state index contributed by atoms with van der Waals surface area (Å²) in [7, 11) is 0. The zero-order valence-electron chi connectivity index (χ0n) is 33.4. The number of hydrogen-bond acceptors (Lipinski definition) is 3. The minimum Gasteiger partial charge on any atom is -0.310 e. The Balaban J connectivity index is 1.05. The summed E-state index contributed by atoms with van der Waals surface area (Å²) in [4.78, 5) is 15.0. The van der Waals surface area contributed by atoms with Crippen LogP contribution < -0.4 is 0 Å². The molecule has 0 spiro atoms. The van der Waals surface area contributed by atoms with E-state index in [9.17, 15) is 0 Å². The normalized spacial score (nSPS) is 15.5. The topological polar surface area (TPSA) is 48.5 Å². The summed E-state index contributed by atoms with van der Waals surface area (Å²) in [6, 6.07) is 59.9. The molecule has 7 aromatic carbocycles. The van der Waals surface area contributed by atoms with Crippen LogP contribution in [0.1, 0.15) is 6.42 Å². The zero-order chi connectivity index (χ0) is 40.7. The van der Waals surface area contributed by atoms with E-state index >= 15 is 0 Å². The molecule has 288 valence electrons. The second-order valence-electron chi connectivity index (χ2n) is 15.3. The third-order valence-electron chi connectivity index (χ3n) is 11.5. The van der Waals surface area contributed by atoms with Crippen LogP contribution in [0.4, 0.5) is 0 Å². The first-order chi connectivity index (χ1) is 30.2. The smallest absolute Gasteiger partial charge is 0.164 e. The summed E-state index contributed by atoms with van der Waals surface area (Å²) in [5.74, 6) is 1.90. The number of nitrogens with zero attached hydrogens (tertiary/aromatic N) is 5. The number of allylic oxidation sites excluding steroid dienone is 9. The summed E-state index contributed by atoms with van der Waals surface area (Å²) >= 11 is 0. The second-order valence-corrected chi connectivity index (χ2v) is 15.3. The molecule has 0 unspecified atom stereocenters. The fourth-order valence-corrected chi connectivity index (χ4v) is 8.59. The first kappa shape index (κ1) is 36.0. The summed E-state index contributed by atoms with van der Waals surface area (Å²) in [6.07, 6.45) is 15.7. The van der Waals surface area contributed by atoms with Gasteiger partial charge in [-0.2, -0.15) is 0 Å². The summed E-state index contributed by atoms with van der Waals surface area (Å²) in [5, 5.41) is 4.83. The Morgan fingerprint density at radius 3 is 1.70 bits per heavy atom. The SMILES string of the molecule is C=C1/C=C\C=C/C/C=C(n2c3ccccc3c3cc(-c4ccc5c6ccccc6n(-c6cccc(-c7nc(-c8ccccc8)nc(-c8ccccc8)n7)c6)c5c4)ccc32)\C=C/1. The highest BCUT2D eigenvalue weighted by atomic mass is 15.0. The summed E-state index contributed by atoms with van der Waals surface area (Å²) in [5.41, 5.74) is 12.8. The number of fused-ring (bicyclic) bond motifs is 6. The first-order valence-electron chi connectivity index (χ1n) is 20.6. The highest BCUT2D eigenvalue weighted by molar-refractivity contribution is 6.13. The minimum atomic E-state index is 0.624. The molecule has 0 atom stereocenters. The Labute approximate surface area is 354 Å². The molecular weight excluding hydrogens is 743 g/mol. The predicted molar refractivity (Wildman–Crippen MR) is 254 cm³/mol. The monoisotopic (exact) mass is 781 g/mol. The maximum atomic E-state index is 5.05. The molecule has 1 aliphatic rings. The van der Waals surface area contributed by atoms with Crippen LogP contribution in [0.5, 0.6) is 0 Å². The van der Waals surface area contributed by atoms with E-state index in [0.29, 0.717) is 17.5 Å². The highest BCUT2D eigenvalue weighted by Crippen LogP contribution is 2.39. The Morgan fingerprint density at radius 1 is 0.393 bits per heavy atom. The van der Waals surface area contributed by atoms with Gasteiger partial charge in [-0.3, -0.25) is 0 Å². The molecule has 0 bridgehead atoms. The van der Waals surface area contributed by atoms with Gasteiger partial charge in [-0.15, -0.1) is 0 Å². The van der Waals surface area contributed by atoms with Crippen molar-refractivity contribution in [2.24, 2.45) is 0 Å². The van der Waals surface area contributed by atoms with Gasteiger partial charge in [-0.05, 0) is 71.7 Å². The van der Waals surface area contributed by atoms with Crippen LogP contribution in [0.25, 0.3) is 100 Å². The quantitative estimate of drug-likeness (QED) is 0.169. The van der Waals surface area contributed by atoms with Crippen LogP contribution in [0.2, 0.25) is 0 Å². The molecule has 0 aliphatic heterocycles. The van der Waals surface area contributed by atoms with E-state index in [4.69, 9.17) is 15.0 Å². The fourth-order valence-electron chi connectivity index (χ4n) is 8.59. The molecule has 0 amide bonds. The van der Waals surface area contributed by atoms with Crippen LogP contribution in [0, 0.1) is 0 Å². The maximum absolute atomic E-state index is 5.05. The number of aromatic nitrogens is 5. The molecule has 0 fully saturated rings. The lowest BCUT2D eigenvalue weighted by Gasteiger charge is -2.12. The summed E-state index contributed by atoms with van der Waals surface area (Å²) in [6.45, 7) is 4.23.